The first-order chi connectivity index (χ1) is 22.1. The molecule has 1 atom stereocenters. The predicted molar refractivity (Wildman–Crippen MR) is 198 cm³/mol. The molecule has 0 aromatic heterocycles. The van der Waals surface area contributed by atoms with Crippen LogP contribution in [-0.4, -0.2) is 29.7 Å². The maximum atomic E-state index is 12.1. The fraction of sp³-hybridized carbons (Fsp3) is 0.850. The van der Waals surface area contributed by atoms with Gasteiger partial charge in [-0.25, -0.2) is 0 Å². The summed E-state index contributed by atoms with van der Waals surface area (Å²) >= 11 is 1.53. The molecule has 264 valence electrons. The molecule has 0 N–H and O–H groups in total. The first-order valence-electron chi connectivity index (χ1n) is 19.4. The molecule has 0 aliphatic carbocycles. The van der Waals surface area contributed by atoms with E-state index in [1.807, 2.05) is 6.92 Å². The molecule has 0 aliphatic rings. The van der Waals surface area contributed by atoms with Gasteiger partial charge >= 0.3 is 11.9 Å². The molecule has 45 heavy (non-hydrogen) atoms. The third-order valence-corrected chi connectivity index (χ3v) is 9.25. The molecule has 0 radical (unpaired) electrons. The number of ether oxygens (including phenoxy) is 2. The van der Waals surface area contributed by atoms with Crippen molar-refractivity contribution in [2.24, 2.45) is 0 Å². The van der Waals surface area contributed by atoms with Gasteiger partial charge in [-0.15, -0.1) is 11.8 Å². The van der Waals surface area contributed by atoms with Crippen molar-refractivity contribution in [2.45, 2.75) is 206 Å². The minimum atomic E-state index is -0.204. The summed E-state index contributed by atoms with van der Waals surface area (Å²) in [5.74, 6) is 0.427. The Kier molecular flexibility index (Phi) is 36.2. The lowest BCUT2D eigenvalue weighted by Gasteiger charge is -2.13. The predicted octanol–water partition coefficient (Wildman–Crippen LogP) is 13.2. The van der Waals surface area contributed by atoms with Crippen molar-refractivity contribution in [3.63, 3.8) is 0 Å². The molecular formula is C40H74O4S. The summed E-state index contributed by atoms with van der Waals surface area (Å²) in [7, 11) is 0. The smallest absolute Gasteiger partial charge is 0.306 e. The van der Waals surface area contributed by atoms with E-state index in [4.69, 9.17) is 9.47 Å². The van der Waals surface area contributed by atoms with Crippen LogP contribution in [0.4, 0.5) is 0 Å². The third kappa shape index (κ3) is 37.1. The first kappa shape index (κ1) is 43.8. The van der Waals surface area contributed by atoms with E-state index in [2.05, 4.69) is 38.2 Å². The fourth-order valence-electron chi connectivity index (χ4n) is 5.40. The van der Waals surface area contributed by atoms with E-state index in [1.54, 1.807) is 0 Å². The van der Waals surface area contributed by atoms with Gasteiger partial charge in [0.2, 0.25) is 0 Å². The van der Waals surface area contributed by atoms with E-state index < -0.39 is 0 Å². The molecule has 0 rings (SSSR count). The Morgan fingerprint density at radius 3 is 1.29 bits per heavy atom. The molecule has 0 aliphatic heterocycles. The summed E-state index contributed by atoms with van der Waals surface area (Å²) in [5, 5.41) is 0. The summed E-state index contributed by atoms with van der Waals surface area (Å²) in [6.07, 6.45) is 43.0. The number of allylic oxidation sites excluding steroid dienone is 4. The Morgan fingerprint density at radius 1 is 0.511 bits per heavy atom. The molecule has 0 saturated carbocycles. The summed E-state index contributed by atoms with van der Waals surface area (Å²) in [5.41, 5.74) is -0.204. The molecular weight excluding hydrogens is 577 g/mol. The summed E-state index contributed by atoms with van der Waals surface area (Å²) < 4.78 is 10.9. The maximum Gasteiger partial charge on any atom is 0.306 e. The maximum absolute atomic E-state index is 12.1. The lowest BCUT2D eigenvalue weighted by Crippen LogP contribution is -2.14. The number of rotatable bonds is 35. The van der Waals surface area contributed by atoms with Gasteiger partial charge in [0.25, 0.3) is 0 Å². The van der Waals surface area contributed by atoms with Gasteiger partial charge in [0.1, 0.15) is 12.0 Å². The van der Waals surface area contributed by atoms with Crippen molar-refractivity contribution >= 4 is 23.7 Å². The second-order valence-electron chi connectivity index (χ2n) is 12.8. The fourth-order valence-corrected chi connectivity index (χ4v) is 6.09. The standard InChI is InChI=1S/C40H74O4S/c1-4-6-8-10-12-14-16-18-20-22-24-26-28-30-32-34-39(41)43-36-37-45-38(3)44-40(42)35-33-31-29-27-25-23-21-19-17-15-13-11-9-7-5-2/h18-21,38H,4-17,22-37H2,1-3H3. The van der Waals surface area contributed by atoms with Crippen molar-refractivity contribution in [3.05, 3.63) is 24.3 Å². The average Bonchev–Trinajstić information content (AvgIpc) is 3.03. The van der Waals surface area contributed by atoms with Gasteiger partial charge in [-0.3, -0.25) is 9.59 Å². The van der Waals surface area contributed by atoms with Crippen LogP contribution in [0.3, 0.4) is 0 Å². The minimum Gasteiger partial charge on any atom is -0.465 e. The Balaban J connectivity index is 3.44. The lowest BCUT2D eigenvalue weighted by atomic mass is 10.1. The van der Waals surface area contributed by atoms with E-state index in [9.17, 15) is 9.59 Å². The highest BCUT2D eigenvalue weighted by Crippen LogP contribution is 2.15. The summed E-state index contributed by atoms with van der Waals surface area (Å²) in [4.78, 5) is 24.1. The number of thioether (sulfide) groups is 1. The Labute approximate surface area is 284 Å². The normalized spacial score (nSPS) is 12.3. The third-order valence-electron chi connectivity index (χ3n) is 8.28. The molecule has 0 heterocycles. The zero-order chi connectivity index (χ0) is 32.9. The quantitative estimate of drug-likeness (QED) is 0.0296. The van der Waals surface area contributed by atoms with Gasteiger partial charge in [0.15, 0.2) is 0 Å². The lowest BCUT2D eigenvalue weighted by molar-refractivity contribution is -0.145. The van der Waals surface area contributed by atoms with Gasteiger partial charge in [-0.05, 0) is 71.1 Å². The van der Waals surface area contributed by atoms with Gasteiger partial charge in [0, 0.05) is 18.6 Å². The second-order valence-corrected chi connectivity index (χ2v) is 14.2. The van der Waals surface area contributed by atoms with E-state index in [0.29, 0.717) is 25.2 Å². The number of hydrogen-bond donors (Lipinski definition) is 0. The van der Waals surface area contributed by atoms with Crippen LogP contribution in [0.1, 0.15) is 201 Å². The summed E-state index contributed by atoms with van der Waals surface area (Å²) in [6, 6.07) is 0. The molecule has 0 fully saturated rings. The van der Waals surface area contributed by atoms with Gasteiger partial charge < -0.3 is 9.47 Å². The van der Waals surface area contributed by atoms with Crippen LogP contribution in [0.5, 0.6) is 0 Å². The van der Waals surface area contributed by atoms with E-state index in [-0.39, 0.29) is 17.4 Å². The highest BCUT2D eigenvalue weighted by Gasteiger charge is 2.10. The van der Waals surface area contributed by atoms with Crippen LogP contribution in [0, 0.1) is 0 Å². The van der Waals surface area contributed by atoms with Crippen molar-refractivity contribution in [2.75, 3.05) is 12.4 Å². The van der Waals surface area contributed by atoms with Crippen molar-refractivity contribution in [1.82, 2.24) is 0 Å². The van der Waals surface area contributed by atoms with Crippen LogP contribution in [0.15, 0.2) is 24.3 Å². The summed E-state index contributed by atoms with van der Waals surface area (Å²) in [6.45, 7) is 6.81. The van der Waals surface area contributed by atoms with Crippen LogP contribution in [0.25, 0.3) is 0 Å². The number of hydrogen-bond acceptors (Lipinski definition) is 5. The molecule has 0 bridgehead atoms. The molecule has 5 heteroatoms. The van der Waals surface area contributed by atoms with Crippen LogP contribution in [-0.2, 0) is 19.1 Å². The average molecular weight is 651 g/mol. The van der Waals surface area contributed by atoms with Gasteiger partial charge in [-0.2, -0.15) is 0 Å². The van der Waals surface area contributed by atoms with Crippen molar-refractivity contribution in [1.29, 1.82) is 0 Å². The first-order valence-corrected chi connectivity index (χ1v) is 20.4. The second kappa shape index (κ2) is 37.2. The van der Waals surface area contributed by atoms with Crippen LogP contribution >= 0.6 is 11.8 Å². The highest BCUT2D eigenvalue weighted by molar-refractivity contribution is 7.99. The number of unbranched alkanes of at least 4 members (excludes halogenated alkanes) is 22. The Bertz CT molecular complexity index is 690. The zero-order valence-corrected chi connectivity index (χ0v) is 31.0. The van der Waals surface area contributed by atoms with Crippen molar-refractivity contribution in [3.8, 4) is 0 Å². The molecule has 0 aromatic carbocycles. The van der Waals surface area contributed by atoms with Crippen molar-refractivity contribution < 1.29 is 19.1 Å². The topological polar surface area (TPSA) is 52.6 Å². The molecule has 0 aromatic rings. The van der Waals surface area contributed by atoms with E-state index in [1.165, 1.54) is 153 Å². The van der Waals surface area contributed by atoms with Crippen LogP contribution in [0.2, 0.25) is 0 Å². The Hall–Kier alpha value is -1.23. The molecule has 4 nitrogen and oxygen atoms in total. The van der Waals surface area contributed by atoms with Gasteiger partial charge in [0.05, 0.1) is 0 Å². The molecule has 0 amide bonds. The number of esters is 2. The molecule has 1 unspecified atom stereocenters. The SMILES string of the molecule is CCCCCCCCC=CCCCCCCCC(=O)OCCSC(C)OC(=O)CCCCCCCC=CCCCCCCCC. The number of carbonyl (C=O) groups is 2. The number of carbonyl (C=O) groups excluding carboxylic acids is 2. The Morgan fingerprint density at radius 2 is 0.867 bits per heavy atom. The van der Waals surface area contributed by atoms with E-state index >= 15 is 0 Å². The van der Waals surface area contributed by atoms with Crippen LogP contribution < -0.4 is 0 Å². The zero-order valence-electron chi connectivity index (χ0n) is 30.1. The van der Waals surface area contributed by atoms with E-state index in [0.717, 1.165) is 25.7 Å². The monoisotopic (exact) mass is 651 g/mol. The largest absolute Gasteiger partial charge is 0.465 e. The van der Waals surface area contributed by atoms with Gasteiger partial charge in [-0.1, -0.05) is 141 Å². The molecule has 0 spiro atoms. The molecule has 0 saturated heterocycles. The highest BCUT2D eigenvalue weighted by atomic mass is 32.2. The minimum absolute atomic E-state index is 0.109.